The van der Waals surface area contributed by atoms with E-state index >= 15 is 0 Å². The lowest BCUT2D eigenvalue weighted by molar-refractivity contribution is -0.119. The average molecular weight is 474 g/mol. The van der Waals surface area contributed by atoms with Crippen LogP contribution in [0.3, 0.4) is 0 Å². The molecule has 1 heterocycles. The highest BCUT2D eigenvalue weighted by Crippen LogP contribution is 2.49. The lowest BCUT2D eigenvalue weighted by atomic mass is 9.64. The summed E-state index contributed by atoms with van der Waals surface area (Å²) in [7, 11) is 0. The minimum absolute atomic E-state index is 0.182. The van der Waals surface area contributed by atoms with Gasteiger partial charge in [-0.3, -0.25) is 4.79 Å². The molecule has 1 amide bonds. The number of rotatable bonds is 5. The van der Waals surface area contributed by atoms with Crippen LogP contribution in [0.5, 0.6) is 0 Å². The molecule has 4 aromatic rings. The summed E-state index contributed by atoms with van der Waals surface area (Å²) in [6.45, 7) is 8.63. The van der Waals surface area contributed by atoms with Crippen molar-refractivity contribution in [3.8, 4) is 0 Å². The zero-order valence-electron chi connectivity index (χ0n) is 21.7. The molecule has 1 atom stereocenters. The molecule has 182 valence electrons. The highest BCUT2D eigenvalue weighted by molar-refractivity contribution is 5.96. The molecule has 0 saturated carbocycles. The van der Waals surface area contributed by atoms with E-state index in [1.165, 1.54) is 27.8 Å². The van der Waals surface area contributed by atoms with Crippen LogP contribution in [0, 0.1) is 0 Å². The van der Waals surface area contributed by atoms with Crippen LogP contribution in [0.4, 0.5) is 5.69 Å². The van der Waals surface area contributed by atoms with Crippen LogP contribution in [0.25, 0.3) is 0 Å². The van der Waals surface area contributed by atoms with Gasteiger partial charge in [-0.05, 0) is 60.1 Å². The van der Waals surface area contributed by atoms with E-state index in [2.05, 4.69) is 130 Å². The number of hydrogen-bond acceptors (Lipinski definition) is 1. The van der Waals surface area contributed by atoms with Gasteiger partial charge in [-0.1, -0.05) is 117 Å². The Labute approximate surface area is 215 Å². The smallest absolute Gasteiger partial charge is 0.227 e. The Morgan fingerprint density at radius 3 is 1.69 bits per heavy atom. The monoisotopic (exact) mass is 473 g/mol. The lowest BCUT2D eigenvalue weighted by Crippen LogP contribution is -2.51. The van der Waals surface area contributed by atoms with Gasteiger partial charge in [-0.15, -0.1) is 0 Å². The summed E-state index contributed by atoms with van der Waals surface area (Å²) in [6, 6.07) is 39.2. The predicted molar refractivity (Wildman–Crippen MR) is 150 cm³/mol. The molecule has 0 fully saturated rings. The molecule has 5 rings (SSSR count). The van der Waals surface area contributed by atoms with Crippen molar-refractivity contribution in [2.75, 3.05) is 4.90 Å². The summed E-state index contributed by atoms with van der Waals surface area (Å²) in [6.07, 6.45) is 1.44. The highest BCUT2D eigenvalue weighted by atomic mass is 16.2. The summed E-state index contributed by atoms with van der Waals surface area (Å²) in [5, 5.41) is 0. The maximum Gasteiger partial charge on any atom is 0.227 e. The van der Waals surface area contributed by atoms with Gasteiger partial charge in [0.05, 0.1) is 5.41 Å². The van der Waals surface area contributed by atoms with Crippen LogP contribution >= 0.6 is 0 Å². The Bertz CT molecular complexity index is 1250. The van der Waals surface area contributed by atoms with Gasteiger partial charge in [0, 0.05) is 17.6 Å². The number of carbonyl (C=O) groups excluding carboxylic acids is 1. The summed E-state index contributed by atoms with van der Waals surface area (Å²) in [4.78, 5) is 15.2. The van der Waals surface area contributed by atoms with Crippen LogP contribution in [0.1, 0.15) is 74.3 Å². The first-order valence-corrected chi connectivity index (χ1v) is 13.0. The Balaban J connectivity index is 1.83. The third-order valence-electron chi connectivity index (χ3n) is 7.82. The molecule has 1 aliphatic heterocycles. The van der Waals surface area contributed by atoms with Gasteiger partial charge in [-0.2, -0.15) is 0 Å². The number of anilines is 1. The zero-order chi connectivity index (χ0) is 25.3. The molecule has 2 nitrogen and oxygen atoms in total. The van der Waals surface area contributed by atoms with Crippen LogP contribution in [0.15, 0.2) is 109 Å². The summed E-state index contributed by atoms with van der Waals surface area (Å²) >= 11 is 0. The summed E-state index contributed by atoms with van der Waals surface area (Å²) < 4.78 is 0. The number of fused-ring (bicyclic) bond motifs is 1. The fourth-order valence-corrected chi connectivity index (χ4v) is 6.36. The van der Waals surface area contributed by atoms with E-state index in [1.54, 1.807) is 0 Å². The molecule has 0 radical (unpaired) electrons. The van der Waals surface area contributed by atoms with E-state index < -0.39 is 5.41 Å². The highest BCUT2D eigenvalue weighted by Gasteiger charge is 2.42. The summed E-state index contributed by atoms with van der Waals surface area (Å²) in [5.41, 5.74) is 6.52. The molecule has 0 bridgehead atoms. The van der Waals surface area contributed by atoms with Gasteiger partial charge in [0.25, 0.3) is 0 Å². The maximum absolute atomic E-state index is 13.1. The quantitative estimate of drug-likeness (QED) is 0.268. The molecule has 0 N–H and O–H groups in total. The molecular weight excluding hydrogens is 438 g/mol. The van der Waals surface area contributed by atoms with Gasteiger partial charge in [0.2, 0.25) is 5.91 Å². The van der Waals surface area contributed by atoms with Gasteiger partial charge in [-0.25, -0.2) is 0 Å². The van der Waals surface area contributed by atoms with Gasteiger partial charge >= 0.3 is 0 Å². The van der Waals surface area contributed by atoms with E-state index in [4.69, 9.17) is 0 Å². The van der Waals surface area contributed by atoms with Crippen LogP contribution in [-0.4, -0.2) is 11.4 Å². The Kier molecular flexibility index (Phi) is 6.30. The van der Waals surface area contributed by atoms with Crippen molar-refractivity contribution in [2.24, 2.45) is 0 Å². The van der Waals surface area contributed by atoms with Crippen molar-refractivity contribution in [1.29, 1.82) is 0 Å². The molecule has 4 aromatic carbocycles. The standard InChI is InChI=1S/C34H35NO/c1-5-32(36)35-31-22-21-29(23-30(31)25(2)24-33(35,3)4)34(26-15-9-6-10-16-26,27-17-11-7-12-18-27)28-19-13-8-14-20-28/h6-23,25H,5,24H2,1-4H3/t25-/m1/s1. The third-order valence-corrected chi connectivity index (χ3v) is 7.82. The second-order valence-corrected chi connectivity index (χ2v) is 10.6. The number of carbonyl (C=O) groups is 1. The number of nitrogens with zero attached hydrogens (tertiary/aromatic N) is 1. The van der Waals surface area contributed by atoms with Crippen LogP contribution in [0.2, 0.25) is 0 Å². The van der Waals surface area contributed by atoms with E-state index in [9.17, 15) is 4.79 Å². The molecule has 0 saturated heterocycles. The van der Waals surface area contributed by atoms with Crippen molar-refractivity contribution in [1.82, 2.24) is 0 Å². The Hall–Kier alpha value is -3.65. The molecule has 0 unspecified atom stereocenters. The predicted octanol–water partition coefficient (Wildman–Crippen LogP) is 8.10. The fourth-order valence-electron chi connectivity index (χ4n) is 6.36. The molecule has 0 aromatic heterocycles. The van der Waals surface area contributed by atoms with Gasteiger partial charge in [0.15, 0.2) is 0 Å². The normalized spacial score (nSPS) is 16.9. The van der Waals surface area contributed by atoms with E-state index in [-0.39, 0.29) is 11.4 Å². The number of hydrogen-bond donors (Lipinski definition) is 0. The topological polar surface area (TPSA) is 20.3 Å². The van der Waals surface area contributed by atoms with Gasteiger partial charge < -0.3 is 4.90 Å². The minimum Gasteiger partial charge on any atom is -0.307 e. The molecular formula is C34H35NO. The van der Waals surface area contributed by atoms with Crippen LogP contribution < -0.4 is 4.90 Å². The van der Waals surface area contributed by atoms with Crippen molar-refractivity contribution in [3.05, 3.63) is 137 Å². The number of amides is 1. The van der Waals surface area contributed by atoms with E-state index in [0.717, 1.165) is 12.1 Å². The fraction of sp³-hybridized carbons (Fsp3) is 0.265. The van der Waals surface area contributed by atoms with Gasteiger partial charge in [0.1, 0.15) is 0 Å². The molecule has 1 aliphatic rings. The molecule has 36 heavy (non-hydrogen) atoms. The van der Waals surface area contributed by atoms with E-state index in [1.807, 2.05) is 11.8 Å². The Morgan fingerprint density at radius 2 is 1.25 bits per heavy atom. The maximum atomic E-state index is 13.1. The molecule has 2 heteroatoms. The molecule has 0 spiro atoms. The lowest BCUT2D eigenvalue weighted by Gasteiger charge is -2.47. The van der Waals surface area contributed by atoms with Crippen molar-refractivity contribution in [2.45, 2.75) is 57.4 Å². The largest absolute Gasteiger partial charge is 0.307 e. The first-order valence-electron chi connectivity index (χ1n) is 13.0. The van der Waals surface area contributed by atoms with Crippen LogP contribution in [-0.2, 0) is 10.2 Å². The van der Waals surface area contributed by atoms with Crippen molar-refractivity contribution in [3.63, 3.8) is 0 Å². The molecule has 0 aliphatic carbocycles. The summed E-state index contributed by atoms with van der Waals surface area (Å²) in [5.74, 6) is 0.525. The SMILES string of the molecule is CCC(=O)N1c2ccc(C(c3ccccc3)(c3ccccc3)c3ccccc3)cc2[C@H](C)CC1(C)C. The van der Waals surface area contributed by atoms with Crippen molar-refractivity contribution >= 4 is 11.6 Å². The first-order chi connectivity index (χ1) is 17.4. The second kappa shape index (κ2) is 9.43. The van der Waals surface area contributed by atoms with Crippen molar-refractivity contribution < 1.29 is 4.79 Å². The Morgan fingerprint density at radius 1 is 0.778 bits per heavy atom. The number of benzene rings is 4. The first kappa shape index (κ1) is 24.1. The average Bonchev–Trinajstić information content (AvgIpc) is 2.90. The van der Waals surface area contributed by atoms with E-state index in [0.29, 0.717) is 12.3 Å². The third kappa shape index (κ3) is 3.86. The zero-order valence-corrected chi connectivity index (χ0v) is 21.7. The second-order valence-electron chi connectivity index (χ2n) is 10.6. The minimum atomic E-state index is -0.481.